The molecular weight excluding hydrogens is 632 g/mol. The van der Waals surface area contributed by atoms with Gasteiger partial charge in [0.05, 0.1) is 11.4 Å². The molecule has 0 spiro atoms. The van der Waals surface area contributed by atoms with Crippen molar-refractivity contribution in [3.05, 3.63) is 99.4 Å². The molecule has 6 rings (SSSR count). The molecule has 9 nitrogen and oxygen atoms in total. The summed E-state index contributed by atoms with van der Waals surface area (Å²) < 4.78 is 21.3. The molecule has 0 bridgehead atoms. The first-order valence-corrected chi connectivity index (χ1v) is 15.9. The van der Waals surface area contributed by atoms with E-state index >= 15 is 0 Å². The zero-order valence-electron chi connectivity index (χ0n) is 25.5. The zero-order valence-corrected chi connectivity index (χ0v) is 27.0. The lowest BCUT2D eigenvalue weighted by Gasteiger charge is -2.42. The maximum Gasteiger partial charge on any atom is 0.317 e. The summed E-state index contributed by atoms with van der Waals surface area (Å²) >= 11 is 12.3. The Morgan fingerprint density at radius 3 is 2.43 bits per heavy atom. The molecule has 0 radical (unpaired) electrons. The number of aromatic amines is 1. The number of benzene rings is 3. The molecule has 12 heteroatoms. The van der Waals surface area contributed by atoms with Gasteiger partial charge in [0.1, 0.15) is 17.6 Å². The molecule has 0 aliphatic carbocycles. The van der Waals surface area contributed by atoms with E-state index in [9.17, 15) is 18.8 Å². The Labute approximate surface area is 276 Å². The molecule has 4 aromatic rings. The average Bonchev–Trinajstić information content (AvgIpc) is 3.57. The number of hydrogen-bond acceptors (Lipinski definition) is 4. The van der Waals surface area contributed by atoms with Gasteiger partial charge < -0.3 is 29.7 Å². The zero-order chi connectivity index (χ0) is 32.6. The number of hydrogen-bond donors (Lipinski definition) is 2. The topological polar surface area (TPSA) is 98.0 Å². The predicted molar refractivity (Wildman–Crippen MR) is 174 cm³/mol. The number of carbonyl (C=O) groups is 3. The third-order valence-corrected chi connectivity index (χ3v) is 9.20. The van der Waals surface area contributed by atoms with E-state index in [0.29, 0.717) is 41.5 Å². The van der Waals surface area contributed by atoms with Crippen molar-refractivity contribution in [2.24, 2.45) is 0 Å². The molecule has 3 aromatic carbocycles. The number of piperazine rings is 1. The Morgan fingerprint density at radius 1 is 1.02 bits per heavy atom. The molecule has 46 heavy (non-hydrogen) atoms. The molecule has 1 aromatic heterocycles. The van der Waals surface area contributed by atoms with E-state index in [0.717, 1.165) is 16.5 Å². The molecule has 2 unspecified atom stereocenters. The van der Waals surface area contributed by atoms with E-state index in [-0.39, 0.29) is 48.9 Å². The monoisotopic (exact) mass is 665 g/mol. The van der Waals surface area contributed by atoms with Crippen molar-refractivity contribution in [1.29, 1.82) is 0 Å². The number of nitrogens with zero attached hydrogens (tertiary/aromatic N) is 3. The molecule has 2 aliphatic rings. The predicted octanol–water partition coefficient (Wildman–Crippen LogP) is 6.09. The van der Waals surface area contributed by atoms with Gasteiger partial charge in [0, 0.05) is 67.0 Å². The van der Waals surface area contributed by atoms with Crippen LogP contribution >= 0.6 is 23.2 Å². The molecule has 2 atom stereocenters. The fourth-order valence-electron chi connectivity index (χ4n) is 6.39. The quantitative estimate of drug-likeness (QED) is 0.250. The Balaban J connectivity index is 1.47. The first kappa shape index (κ1) is 31.7. The molecule has 3 heterocycles. The summed E-state index contributed by atoms with van der Waals surface area (Å²) in [4.78, 5) is 49.8. The summed E-state index contributed by atoms with van der Waals surface area (Å²) in [6.07, 6.45) is 1.52. The molecule has 2 N–H and O–H groups in total. The van der Waals surface area contributed by atoms with Crippen LogP contribution in [0.4, 0.5) is 9.18 Å². The van der Waals surface area contributed by atoms with Gasteiger partial charge in [-0.25, -0.2) is 9.18 Å². The van der Waals surface area contributed by atoms with Crippen molar-refractivity contribution in [1.82, 2.24) is 25.0 Å². The van der Waals surface area contributed by atoms with Gasteiger partial charge in [0.25, 0.3) is 5.91 Å². The van der Waals surface area contributed by atoms with Gasteiger partial charge in [0.2, 0.25) is 11.5 Å². The van der Waals surface area contributed by atoms with Crippen LogP contribution in [0.2, 0.25) is 10.0 Å². The van der Waals surface area contributed by atoms with Gasteiger partial charge in [-0.05, 0) is 55.8 Å². The van der Waals surface area contributed by atoms with Crippen LogP contribution in [0.1, 0.15) is 36.1 Å². The number of likely N-dealkylation sites (tertiary alicyclic amines) is 1. The standard InChI is InChI=1S/C34H34Cl2FN5O4/c1-3-38-33(45)41-14-12-40(13-15-41)32(44)34(46-24-8-4-21(2)5-9-24)18-30(43)42(20-22-6-11-27(36)28(37)16-22)31(34)26-19-39-29-17-23(35)7-10-25(26)29/h4-11,16-17,19,31,39H,3,12-15,18,20H2,1-2H3,(H,38,45). The van der Waals surface area contributed by atoms with Crippen LogP contribution in [-0.2, 0) is 16.1 Å². The number of carbonyl (C=O) groups excluding carboxylic acids is 3. The second-order valence-electron chi connectivity index (χ2n) is 11.7. The Bertz CT molecular complexity index is 1790. The maximum atomic E-state index is 14.9. The number of amides is 4. The average molecular weight is 667 g/mol. The molecule has 2 aliphatic heterocycles. The van der Waals surface area contributed by atoms with Crippen LogP contribution in [0.25, 0.3) is 10.9 Å². The van der Waals surface area contributed by atoms with Crippen LogP contribution in [0.3, 0.4) is 0 Å². The number of halogens is 3. The third-order valence-electron chi connectivity index (χ3n) is 8.66. The number of aromatic nitrogens is 1. The lowest BCUT2D eigenvalue weighted by Crippen LogP contribution is -2.61. The number of H-pyrrole nitrogens is 1. The smallest absolute Gasteiger partial charge is 0.317 e. The van der Waals surface area contributed by atoms with Crippen LogP contribution in [0.15, 0.2) is 66.9 Å². The number of rotatable bonds is 7. The number of urea groups is 1. The summed E-state index contributed by atoms with van der Waals surface area (Å²) in [6, 6.07) is 16.0. The van der Waals surface area contributed by atoms with Crippen molar-refractivity contribution < 1.29 is 23.5 Å². The molecule has 4 amide bonds. The number of nitrogens with one attached hydrogen (secondary N) is 2. The molecular formula is C34H34Cl2FN5O4. The van der Waals surface area contributed by atoms with Crippen LogP contribution < -0.4 is 10.1 Å². The normalized spacial score (nSPS) is 20.0. The van der Waals surface area contributed by atoms with Gasteiger partial charge in [-0.2, -0.15) is 0 Å². The summed E-state index contributed by atoms with van der Waals surface area (Å²) in [6.45, 7) is 5.50. The summed E-state index contributed by atoms with van der Waals surface area (Å²) in [5.74, 6) is -0.868. The number of aryl methyl sites for hydroxylation is 1. The van der Waals surface area contributed by atoms with Gasteiger partial charge in [-0.3, -0.25) is 9.59 Å². The fraction of sp³-hybridized carbons (Fsp3) is 0.324. The summed E-state index contributed by atoms with van der Waals surface area (Å²) in [5, 5.41) is 4.07. The van der Waals surface area contributed by atoms with Crippen molar-refractivity contribution in [3.8, 4) is 5.75 Å². The highest BCUT2D eigenvalue weighted by molar-refractivity contribution is 6.31. The first-order chi connectivity index (χ1) is 22.1. The highest BCUT2D eigenvalue weighted by atomic mass is 35.5. The summed E-state index contributed by atoms with van der Waals surface area (Å²) in [7, 11) is 0. The minimum Gasteiger partial charge on any atom is -0.474 e. The lowest BCUT2D eigenvalue weighted by atomic mass is 9.86. The molecule has 240 valence electrons. The van der Waals surface area contributed by atoms with E-state index in [1.54, 1.807) is 51.2 Å². The largest absolute Gasteiger partial charge is 0.474 e. The van der Waals surface area contributed by atoms with Crippen molar-refractivity contribution >= 4 is 52.0 Å². The van der Waals surface area contributed by atoms with E-state index in [1.165, 1.54) is 12.1 Å². The van der Waals surface area contributed by atoms with Crippen LogP contribution in [0, 0.1) is 12.7 Å². The number of fused-ring (bicyclic) bond motifs is 1. The van der Waals surface area contributed by atoms with Gasteiger partial charge in [-0.15, -0.1) is 0 Å². The maximum absolute atomic E-state index is 14.9. The Kier molecular flexibility index (Phi) is 8.85. The van der Waals surface area contributed by atoms with Crippen molar-refractivity contribution in [2.75, 3.05) is 32.7 Å². The summed E-state index contributed by atoms with van der Waals surface area (Å²) in [5.41, 5.74) is 1.21. The first-order valence-electron chi connectivity index (χ1n) is 15.2. The second-order valence-corrected chi connectivity index (χ2v) is 12.5. The van der Waals surface area contributed by atoms with Gasteiger partial charge in [0.15, 0.2) is 0 Å². The minimum atomic E-state index is -1.69. The molecule has 2 saturated heterocycles. The third kappa shape index (κ3) is 5.99. The van der Waals surface area contributed by atoms with Gasteiger partial charge in [-0.1, -0.05) is 53.0 Å². The van der Waals surface area contributed by atoms with E-state index in [2.05, 4.69) is 10.3 Å². The van der Waals surface area contributed by atoms with Crippen molar-refractivity contribution in [3.63, 3.8) is 0 Å². The second kappa shape index (κ2) is 12.8. The van der Waals surface area contributed by atoms with E-state index in [1.807, 2.05) is 32.0 Å². The molecule has 0 saturated carbocycles. The Morgan fingerprint density at radius 2 is 1.74 bits per heavy atom. The fourth-order valence-corrected chi connectivity index (χ4v) is 6.68. The highest BCUT2D eigenvalue weighted by Gasteiger charge is 2.61. The Hall–Kier alpha value is -4.28. The van der Waals surface area contributed by atoms with Crippen LogP contribution in [0.5, 0.6) is 5.75 Å². The van der Waals surface area contributed by atoms with E-state index in [4.69, 9.17) is 27.9 Å². The SMILES string of the molecule is CCNC(=O)N1CCN(C(=O)C2(Oc3ccc(C)cc3)CC(=O)N(Cc3ccc(Cl)c(F)c3)C2c2c[nH]c3cc(Cl)ccc23)CC1. The highest BCUT2D eigenvalue weighted by Crippen LogP contribution is 2.48. The molecule has 2 fully saturated rings. The van der Waals surface area contributed by atoms with Crippen LogP contribution in [-0.4, -0.2) is 75.9 Å². The lowest BCUT2D eigenvalue weighted by molar-refractivity contribution is -0.152. The number of ether oxygens (including phenoxy) is 1. The minimum absolute atomic E-state index is 0.00903. The van der Waals surface area contributed by atoms with Crippen molar-refractivity contribution in [2.45, 2.75) is 38.5 Å². The van der Waals surface area contributed by atoms with Gasteiger partial charge >= 0.3 is 6.03 Å². The van der Waals surface area contributed by atoms with E-state index < -0.39 is 17.5 Å².